The highest BCUT2D eigenvalue weighted by molar-refractivity contribution is 6.00. The number of H-pyrrole nitrogens is 1. The van der Waals surface area contributed by atoms with Crippen molar-refractivity contribution in [3.8, 4) is 22.5 Å². The molecule has 4 aromatic rings. The Hall–Kier alpha value is -4.13. The van der Waals surface area contributed by atoms with Crippen LogP contribution in [0.15, 0.2) is 42.9 Å². The Labute approximate surface area is 224 Å². The molecule has 0 bridgehead atoms. The highest BCUT2D eigenvalue weighted by Crippen LogP contribution is 2.42. The molecule has 0 aliphatic heterocycles. The summed E-state index contributed by atoms with van der Waals surface area (Å²) in [6.45, 7) is 1.98. The fourth-order valence-electron chi connectivity index (χ4n) is 5.31. The van der Waals surface area contributed by atoms with E-state index in [0.29, 0.717) is 49.2 Å². The summed E-state index contributed by atoms with van der Waals surface area (Å²) in [6.07, 6.45) is 6.91. The molecule has 0 aromatic carbocycles. The van der Waals surface area contributed by atoms with Crippen molar-refractivity contribution in [1.29, 1.82) is 0 Å². The summed E-state index contributed by atoms with van der Waals surface area (Å²) in [6, 6.07) is 7.71. The number of hydrogen-bond acceptors (Lipinski definition) is 9. The number of hydrogen-bond donors (Lipinski definition) is 4. The Morgan fingerprint density at radius 2 is 2.03 bits per heavy atom. The van der Waals surface area contributed by atoms with E-state index in [1.165, 1.54) is 11.4 Å². The molecule has 4 heterocycles. The molecule has 1 aliphatic rings. The van der Waals surface area contributed by atoms with Crippen molar-refractivity contribution in [2.75, 3.05) is 26.1 Å². The van der Waals surface area contributed by atoms with Crippen LogP contribution in [0.25, 0.3) is 28.2 Å². The van der Waals surface area contributed by atoms with Gasteiger partial charge in [-0.05, 0) is 50.8 Å². The number of anilines is 1. The van der Waals surface area contributed by atoms with Crippen molar-refractivity contribution in [2.45, 2.75) is 44.1 Å². The number of aromatic nitrogens is 5. The number of nitrogens with zero attached hydrogens (tertiary/aromatic N) is 4. The number of methoxy groups -OCH3 is 1. The Bertz CT molecular complexity index is 1470. The number of carbonyl (C=O) groups excluding carboxylic acids is 2. The zero-order chi connectivity index (χ0) is 27.6. The number of pyridine rings is 1. The number of nitrogens with two attached hydrogens (primary N) is 1. The van der Waals surface area contributed by atoms with Gasteiger partial charge < -0.3 is 20.2 Å². The first kappa shape index (κ1) is 26.5. The molecule has 0 unspecified atom stereocenters. The number of rotatable bonds is 9. The summed E-state index contributed by atoms with van der Waals surface area (Å²) >= 11 is 0. The van der Waals surface area contributed by atoms with Gasteiger partial charge in [0.05, 0.1) is 42.1 Å². The van der Waals surface area contributed by atoms with Crippen LogP contribution in [0.4, 0.5) is 5.82 Å². The van der Waals surface area contributed by atoms with Crippen LogP contribution in [0.1, 0.15) is 54.6 Å². The highest BCUT2D eigenvalue weighted by atomic mass is 16.5. The molecular formula is C27H31N7O5. The van der Waals surface area contributed by atoms with Gasteiger partial charge in [-0.3, -0.25) is 19.8 Å². The molecule has 5 N–H and O–H groups in total. The second-order valence-electron chi connectivity index (χ2n) is 9.67. The second kappa shape index (κ2) is 10.9. The molecule has 204 valence electrons. The number of Topliss-reactive ketones (excluding diaryl/α,β-unsaturated/α-hetero) is 1. The van der Waals surface area contributed by atoms with E-state index in [9.17, 15) is 14.8 Å². The minimum absolute atomic E-state index is 0.155. The monoisotopic (exact) mass is 533 g/mol. The van der Waals surface area contributed by atoms with Crippen LogP contribution in [-0.2, 0) is 14.3 Å². The van der Waals surface area contributed by atoms with Gasteiger partial charge in [-0.1, -0.05) is 6.07 Å². The summed E-state index contributed by atoms with van der Waals surface area (Å²) < 4.78 is 12.4. The van der Waals surface area contributed by atoms with E-state index in [4.69, 9.17) is 20.2 Å². The van der Waals surface area contributed by atoms with Crippen LogP contribution in [0.5, 0.6) is 0 Å². The lowest BCUT2D eigenvalue weighted by molar-refractivity contribution is -0.163. The van der Waals surface area contributed by atoms with Gasteiger partial charge in [0.2, 0.25) is 0 Å². The Balaban J connectivity index is 1.50. The number of hydroxylamine groups is 1. The molecule has 1 aliphatic carbocycles. The minimum atomic E-state index is -1.19. The van der Waals surface area contributed by atoms with Gasteiger partial charge >= 0.3 is 0 Å². The first-order chi connectivity index (χ1) is 18.9. The SMILES string of the molecule is COCCO[C@]1(C(=O)NO)CC[C@@H](c2nc3c(-c4ccc(-c5ccc[nH]5)nc4)cnn3c(N)c2C(C)=O)CC1. The number of nitrogen functional groups attached to an aromatic ring is 1. The molecule has 0 spiro atoms. The summed E-state index contributed by atoms with van der Waals surface area (Å²) in [7, 11) is 1.55. The van der Waals surface area contributed by atoms with E-state index in [1.807, 2.05) is 30.5 Å². The minimum Gasteiger partial charge on any atom is -0.383 e. The van der Waals surface area contributed by atoms with Gasteiger partial charge in [0, 0.05) is 36.5 Å². The second-order valence-corrected chi connectivity index (χ2v) is 9.67. The molecule has 0 radical (unpaired) electrons. The smallest absolute Gasteiger partial charge is 0.275 e. The average molecular weight is 534 g/mol. The number of nitrogens with one attached hydrogen (secondary N) is 2. The predicted octanol–water partition coefficient (Wildman–Crippen LogP) is 3.14. The van der Waals surface area contributed by atoms with Gasteiger partial charge in [0.25, 0.3) is 5.91 Å². The van der Waals surface area contributed by atoms with Gasteiger partial charge in [0.15, 0.2) is 11.4 Å². The summed E-state index contributed by atoms with van der Waals surface area (Å²) in [4.78, 5) is 38.0. The van der Waals surface area contributed by atoms with Crippen molar-refractivity contribution in [2.24, 2.45) is 0 Å². The standard InChI is InChI=1S/C27H31N7O5/c1-16(35)22-23(17-7-9-27(10-8-17,26(36)33-37)39-13-12-38-2)32-25-19(15-31-34(25)24(22)28)18-5-6-21(30-14-18)20-4-3-11-29-20/h3-6,11,14-15,17,29,37H,7-10,12-13,28H2,1-2H3,(H,33,36)/t17-,27-. The number of ketones is 1. The van der Waals surface area contributed by atoms with Crippen LogP contribution in [-0.4, -0.2) is 67.4 Å². The van der Waals surface area contributed by atoms with Gasteiger partial charge in [0.1, 0.15) is 11.4 Å². The summed E-state index contributed by atoms with van der Waals surface area (Å²) in [5, 5.41) is 13.8. The Morgan fingerprint density at radius 3 is 2.64 bits per heavy atom. The molecule has 5 rings (SSSR count). The van der Waals surface area contributed by atoms with Crippen LogP contribution in [0.2, 0.25) is 0 Å². The largest absolute Gasteiger partial charge is 0.383 e. The van der Waals surface area contributed by atoms with E-state index in [-0.39, 0.29) is 24.1 Å². The molecule has 4 aromatic heterocycles. The average Bonchev–Trinajstić information content (AvgIpc) is 3.64. The van der Waals surface area contributed by atoms with E-state index in [1.54, 1.807) is 25.0 Å². The maximum absolute atomic E-state index is 12.7. The van der Waals surface area contributed by atoms with E-state index in [0.717, 1.165) is 22.5 Å². The third kappa shape index (κ3) is 4.89. The van der Waals surface area contributed by atoms with E-state index >= 15 is 0 Å². The number of carbonyl (C=O) groups is 2. The molecule has 39 heavy (non-hydrogen) atoms. The van der Waals surface area contributed by atoms with E-state index < -0.39 is 11.5 Å². The molecule has 1 fully saturated rings. The third-order valence-corrected chi connectivity index (χ3v) is 7.37. The van der Waals surface area contributed by atoms with Crippen molar-refractivity contribution < 1.29 is 24.3 Å². The lowest BCUT2D eigenvalue weighted by Gasteiger charge is -2.38. The molecule has 0 saturated heterocycles. The van der Waals surface area contributed by atoms with Crippen molar-refractivity contribution in [1.82, 2.24) is 30.0 Å². The molecule has 12 nitrogen and oxygen atoms in total. The lowest BCUT2D eigenvalue weighted by atomic mass is 9.76. The molecular weight excluding hydrogens is 502 g/mol. The summed E-state index contributed by atoms with van der Waals surface area (Å²) in [5.74, 6) is -0.753. The lowest BCUT2D eigenvalue weighted by Crippen LogP contribution is -2.50. The van der Waals surface area contributed by atoms with Gasteiger partial charge in [-0.2, -0.15) is 9.61 Å². The number of aromatic amines is 1. The van der Waals surface area contributed by atoms with Crippen molar-refractivity contribution >= 4 is 23.2 Å². The number of fused-ring (bicyclic) bond motifs is 1. The van der Waals surface area contributed by atoms with Crippen LogP contribution in [0, 0.1) is 0 Å². The fourth-order valence-corrected chi connectivity index (χ4v) is 5.31. The van der Waals surface area contributed by atoms with Crippen molar-refractivity contribution in [3.63, 3.8) is 0 Å². The first-order valence-electron chi connectivity index (χ1n) is 12.7. The highest BCUT2D eigenvalue weighted by Gasteiger charge is 2.44. The van der Waals surface area contributed by atoms with Crippen LogP contribution < -0.4 is 11.2 Å². The van der Waals surface area contributed by atoms with Crippen molar-refractivity contribution in [3.05, 3.63) is 54.1 Å². The molecule has 0 atom stereocenters. The predicted molar refractivity (Wildman–Crippen MR) is 142 cm³/mol. The maximum atomic E-state index is 12.7. The Kier molecular flexibility index (Phi) is 7.42. The van der Waals surface area contributed by atoms with Gasteiger partial charge in [-0.15, -0.1) is 0 Å². The topological polar surface area (TPSA) is 170 Å². The quantitative estimate of drug-likeness (QED) is 0.109. The van der Waals surface area contributed by atoms with Gasteiger partial charge in [-0.25, -0.2) is 10.5 Å². The molecule has 1 amide bonds. The third-order valence-electron chi connectivity index (χ3n) is 7.37. The molecule has 1 saturated carbocycles. The Morgan fingerprint density at radius 1 is 1.23 bits per heavy atom. The maximum Gasteiger partial charge on any atom is 0.275 e. The normalized spacial score (nSPS) is 19.3. The zero-order valence-corrected chi connectivity index (χ0v) is 21.8. The fraction of sp³-hybridized carbons (Fsp3) is 0.370. The van der Waals surface area contributed by atoms with E-state index in [2.05, 4.69) is 15.1 Å². The zero-order valence-electron chi connectivity index (χ0n) is 21.8. The number of amides is 1. The first-order valence-corrected chi connectivity index (χ1v) is 12.7. The van der Waals surface area contributed by atoms with Crippen LogP contribution in [0.3, 0.4) is 0 Å². The van der Waals surface area contributed by atoms with Crippen LogP contribution >= 0.6 is 0 Å². The summed E-state index contributed by atoms with van der Waals surface area (Å²) in [5.41, 5.74) is 11.7. The number of ether oxygens (including phenoxy) is 2. The molecule has 12 heteroatoms.